The van der Waals surface area contributed by atoms with Crippen molar-refractivity contribution in [3.8, 4) is 11.9 Å². The molecule has 0 radical (unpaired) electrons. The monoisotopic (exact) mass is 403 g/mol. The van der Waals surface area contributed by atoms with Crippen LogP contribution in [-0.2, 0) is 0 Å². The van der Waals surface area contributed by atoms with Crippen molar-refractivity contribution in [3.05, 3.63) is 91.8 Å². The summed E-state index contributed by atoms with van der Waals surface area (Å²) in [5.41, 5.74) is 0.392. The molecule has 2 aromatic carbocycles. The van der Waals surface area contributed by atoms with Crippen molar-refractivity contribution in [2.75, 3.05) is 0 Å². The number of hydrogen-bond acceptors (Lipinski definition) is 7. The molecule has 3 aromatic rings. The average Bonchev–Trinajstić information content (AvgIpc) is 2.74. The Kier molecular flexibility index (Phi) is 5.69. The van der Waals surface area contributed by atoms with Gasteiger partial charge in [-0.1, -0.05) is 30.3 Å². The molecule has 1 aromatic heterocycles. The Hall–Kier alpha value is -4.32. The van der Waals surface area contributed by atoms with Crippen molar-refractivity contribution in [2.24, 2.45) is 10.2 Å². The van der Waals surface area contributed by atoms with Crippen molar-refractivity contribution in [1.82, 2.24) is 4.57 Å². The minimum atomic E-state index is -0.606. The SMILES string of the molecule is Cc1c(C#N)c(O)n(C(C)c2ccccc2)c(=O)c1N=Nc1ccc([N+](=O)[O-])cc1. The van der Waals surface area contributed by atoms with E-state index < -0.39 is 22.4 Å². The lowest BCUT2D eigenvalue weighted by atomic mass is 10.1. The van der Waals surface area contributed by atoms with Crippen LogP contribution in [0.4, 0.5) is 17.1 Å². The fourth-order valence-corrected chi connectivity index (χ4v) is 3.02. The highest BCUT2D eigenvalue weighted by molar-refractivity contribution is 5.57. The van der Waals surface area contributed by atoms with Gasteiger partial charge >= 0.3 is 0 Å². The maximum absolute atomic E-state index is 13.1. The van der Waals surface area contributed by atoms with Crippen molar-refractivity contribution in [3.63, 3.8) is 0 Å². The van der Waals surface area contributed by atoms with Crippen LogP contribution in [0.15, 0.2) is 69.6 Å². The maximum Gasteiger partial charge on any atom is 0.282 e. The summed E-state index contributed by atoms with van der Waals surface area (Å²) in [5, 5.41) is 38.8. The highest BCUT2D eigenvalue weighted by Crippen LogP contribution is 2.31. The van der Waals surface area contributed by atoms with E-state index in [0.29, 0.717) is 5.69 Å². The molecule has 0 aliphatic heterocycles. The first-order valence-electron chi connectivity index (χ1n) is 8.94. The van der Waals surface area contributed by atoms with Gasteiger partial charge in [0, 0.05) is 17.7 Å². The quantitative estimate of drug-likeness (QED) is 0.375. The van der Waals surface area contributed by atoms with Crippen LogP contribution >= 0.6 is 0 Å². The number of benzene rings is 2. The van der Waals surface area contributed by atoms with Gasteiger partial charge in [0.05, 0.1) is 16.7 Å². The minimum Gasteiger partial charge on any atom is -0.493 e. The first kappa shape index (κ1) is 20.4. The lowest BCUT2D eigenvalue weighted by Gasteiger charge is -2.19. The average molecular weight is 403 g/mol. The molecule has 0 saturated carbocycles. The Bertz CT molecular complexity index is 1230. The number of pyridine rings is 1. The molecular weight excluding hydrogens is 386 g/mol. The van der Waals surface area contributed by atoms with E-state index >= 15 is 0 Å². The van der Waals surface area contributed by atoms with Crippen molar-refractivity contribution in [2.45, 2.75) is 19.9 Å². The number of nitro benzene ring substituents is 1. The van der Waals surface area contributed by atoms with Crippen LogP contribution in [0.5, 0.6) is 5.88 Å². The van der Waals surface area contributed by atoms with Gasteiger partial charge in [-0.15, -0.1) is 5.11 Å². The van der Waals surface area contributed by atoms with Crippen LogP contribution in [0, 0.1) is 28.4 Å². The second-order valence-electron chi connectivity index (χ2n) is 6.52. The van der Waals surface area contributed by atoms with Crippen LogP contribution in [-0.4, -0.2) is 14.6 Å². The van der Waals surface area contributed by atoms with E-state index in [1.54, 1.807) is 19.1 Å². The molecule has 0 spiro atoms. The second-order valence-corrected chi connectivity index (χ2v) is 6.52. The second kappa shape index (κ2) is 8.36. The van der Waals surface area contributed by atoms with Gasteiger partial charge in [-0.25, -0.2) is 0 Å². The van der Waals surface area contributed by atoms with E-state index in [0.717, 1.165) is 10.1 Å². The van der Waals surface area contributed by atoms with E-state index in [2.05, 4.69) is 10.2 Å². The van der Waals surface area contributed by atoms with E-state index in [4.69, 9.17) is 0 Å². The molecule has 0 fully saturated rings. The first-order valence-corrected chi connectivity index (χ1v) is 8.94. The largest absolute Gasteiger partial charge is 0.493 e. The highest BCUT2D eigenvalue weighted by Gasteiger charge is 2.23. The predicted octanol–water partition coefficient (Wildman–Crippen LogP) is 4.67. The van der Waals surface area contributed by atoms with Gasteiger partial charge in [0.2, 0.25) is 5.88 Å². The number of nitro groups is 1. The molecule has 1 unspecified atom stereocenters. The summed E-state index contributed by atoms with van der Waals surface area (Å²) in [6, 6.07) is 15.8. The smallest absolute Gasteiger partial charge is 0.282 e. The maximum atomic E-state index is 13.1. The minimum absolute atomic E-state index is 0.0740. The van der Waals surface area contributed by atoms with Crippen LogP contribution in [0.3, 0.4) is 0 Å². The molecule has 0 bridgehead atoms. The summed E-state index contributed by atoms with van der Waals surface area (Å²) in [4.78, 5) is 23.3. The number of non-ortho nitro benzene ring substituents is 1. The summed E-state index contributed by atoms with van der Waals surface area (Å²) in [7, 11) is 0. The highest BCUT2D eigenvalue weighted by atomic mass is 16.6. The Morgan fingerprint density at radius 1 is 1.13 bits per heavy atom. The van der Waals surface area contributed by atoms with Crippen molar-refractivity contribution in [1.29, 1.82) is 5.26 Å². The van der Waals surface area contributed by atoms with Gasteiger partial charge in [-0.05, 0) is 31.5 Å². The summed E-state index contributed by atoms with van der Waals surface area (Å²) in [6.07, 6.45) is 0. The molecule has 1 atom stereocenters. The molecule has 0 amide bonds. The van der Waals surface area contributed by atoms with Gasteiger partial charge in [0.25, 0.3) is 11.2 Å². The standard InChI is InChI=1S/C21H17N5O4/c1-13-18(12-22)20(27)25(14(2)15-6-4-3-5-7-15)21(28)19(13)24-23-16-8-10-17(11-9-16)26(29)30/h3-11,14,27H,1-2H3. The van der Waals surface area contributed by atoms with E-state index in [9.17, 15) is 25.3 Å². The molecule has 9 heteroatoms. The van der Waals surface area contributed by atoms with Crippen LogP contribution in [0.25, 0.3) is 0 Å². The van der Waals surface area contributed by atoms with Crippen molar-refractivity contribution < 1.29 is 10.0 Å². The van der Waals surface area contributed by atoms with Crippen LogP contribution in [0.2, 0.25) is 0 Å². The summed E-state index contributed by atoms with van der Waals surface area (Å²) in [5.74, 6) is -0.439. The Morgan fingerprint density at radius 3 is 2.33 bits per heavy atom. The van der Waals surface area contributed by atoms with Crippen LogP contribution < -0.4 is 5.56 Å². The molecule has 0 aliphatic rings. The molecule has 1 N–H and O–H groups in total. The Labute approximate surface area is 171 Å². The predicted molar refractivity (Wildman–Crippen MR) is 109 cm³/mol. The number of hydrogen-bond donors (Lipinski definition) is 1. The number of aromatic hydroxyl groups is 1. The number of aromatic nitrogens is 1. The third kappa shape index (κ3) is 3.79. The zero-order chi connectivity index (χ0) is 21.8. The molecule has 3 rings (SSSR count). The molecule has 30 heavy (non-hydrogen) atoms. The Morgan fingerprint density at radius 2 is 1.77 bits per heavy atom. The molecule has 1 heterocycles. The normalized spacial score (nSPS) is 11.9. The van der Waals surface area contributed by atoms with Crippen LogP contribution in [0.1, 0.15) is 29.7 Å². The van der Waals surface area contributed by atoms with Gasteiger partial charge in [0.15, 0.2) is 5.69 Å². The lowest BCUT2D eigenvalue weighted by molar-refractivity contribution is -0.384. The van der Waals surface area contributed by atoms with Gasteiger partial charge in [-0.3, -0.25) is 19.5 Å². The summed E-state index contributed by atoms with van der Waals surface area (Å²) in [6.45, 7) is 3.23. The van der Waals surface area contributed by atoms with E-state index in [1.807, 2.05) is 24.3 Å². The Balaban J connectivity index is 2.12. The van der Waals surface area contributed by atoms with E-state index in [-0.39, 0.29) is 22.5 Å². The zero-order valence-corrected chi connectivity index (χ0v) is 16.2. The third-order valence-electron chi connectivity index (χ3n) is 4.71. The van der Waals surface area contributed by atoms with Crippen molar-refractivity contribution >= 4 is 17.1 Å². The number of nitriles is 1. The number of azo groups is 1. The summed E-state index contributed by atoms with van der Waals surface area (Å²) >= 11 is 0. The molecule has 150 valence electrons. The fraction of sp³-hybridized carbons (Fsp3) is 0.143. The molecule has 0 saturated heterocycles. The number of nitrogens with zero attached hydrogens (tertiary/aromatic N) is 5. The topological polar surface area (TPSA) is 134 Å². The number of rotatable bonds is 5. The first-order chi connectivity index (χ1) is 14.3. The molecular formula is C21H17N5O4. The van der Waals surface area contributed by atoms with Gasteiger partial charge in [0.1, 0.15) is 11.6 Å². The third-order valence-corrected chi connectivity index (χ3v) is 4.71. The van der Waals surface area contributed by atoms with Gasteiger partial charge < -0.3 is 5.11 Å². The molecule has 9 nitrogen and oxygen atoms in total. The van der Waals surface area contributed by atoms with Gasteiger partial charge in [-0.2, -0.15) is 10.4 Å². The fourth-order valence-electron chi connectivity index (χ4n) is 3.02. The summed E-state index contributed by atoms with van der Waals surface area (Å²) < 4.78 is 1.10. The zero-order valence-electron chi connectivity index (χ0n) is 16.2. The lowest BCUT2D eigenvalue weighted by Crippen LogP contribution is -2.25. The van der Waals surface area contributed by atoms with E-state index in [1.165, 1.54) is 31.2 Å². The molecule has 0 aliphatic carbocycles.